The van der Waals surface area contributed by atoms with Crippen molar-refractivity contribution in [3.05, 3.63) is 29.8 Å². The van der Waals surface area contributed by atoms with Gasteiger partial charge in [-0.3, -0.25) is 4.99 Å². The van der Waals surface area contributed by atoms with Gasteiger partial charge in [0.1, 0.15) is 11.4 Å². The lowest BCUT2D eigenvalue weighted by Gasteiger charge is -2.40. The fourth-order valence-corrected chi connectivity index (χ4v) is 2.53. The summed E-state index contributed by atoms with van der Waals surface area (Å²) >= 11 is 0. The molecular formula is C19H31IN4O3. The third-order valence-electron chi connectivity index (χ3n) is 3.77. The van der Waals surface area contributed by atoms with E-state index >= 15 is 0 Å². The van der Waals surface area contributed by atoms with E-state index in [2.05, 4.69) is 15.6 Å². The summed E-state index contributed by atoms with van der Waals surface area (Å²) in [5.74, 6) is 1.57. The topological polar surface area (TPSA) is 75.2 Å². The van der Waals surface area contributed by atoms with E-state index in [9.17, 15) is 4.79 Å². The van der Waals surface area contributed by atoms with Crippen molar-refractivity contribution in [1.82, 2.24) is 15.5 Å². The number of nitrogens with one attached hydrogen (secondary N) is 2. The molecule has 0 saturated carbocycles. The lowest BCUT2D eigenvalue weighted by molar-refractivity contribution is 0.00701. The number of hydrogen-bond acceptors (Lipinski definition) is 4. The number of amides is 1. The van der Waals surface area contributed by atoms with Crippen molar-refractivity contribution in [3.63, 3.8) is 0 Å². The van der Waals surface area contributed by atoms with Crippen LogP contribution in [0.4, 0.5) is 4.79 Å². The van der Waals surface area contributed by atoms with Crippen LogP contribution in [0.15, 0.2) is 29.3 Å². The van der Waals surface area contributed by atoms with Crippen LogP contribution in [-0.2, 0) is 11.3 Å². The Labute approximate surface area is 178 Å². The van der Waals surface area contributed by atoms with Crippen molar-refractivity contribution in [1.29, 1.82) is 0 Å². The van der Waals surface area contributed by atoms with Crippen LogP contribution >= 0.6 is 24.0 Å². The molecule has 1 aromatic rings. The van der Waals surface area contributed by atoms with Gasteiger partial charge in [0.05, 0.1) is 12.6 Å². The maximum atomic E-state index is 12.0. The molecule has 2 rings (SSSR count). The van der Waals surface area contributed by atoms with Crippen molar-refractivity contribution in [2.24, 2.45) is 4.99 Å². The van der Waals surface area contributed by atoms with Gasteiger partial charge in [0.2, 0.25) is 0 Å². The SMILES string of the molecule is CCOc1cccc(CNC(=NC)NC2CN(C(=O)OC(C)(C)C)C2)c1.I. The Kier molecular flexibility index (Phi) is 9.14. The van der Waals surface area contributed by atoms with E-state index < -0.39 is 5.60 Å². The Morgan fingerprint density at radius 2 is 2.04 bits per heavy atom. The van der Waals surface area contributed by atoms with Crippen LogP contribution in [0.3, 0.4) is 0 Å². The van der Waals surface area contributed by atoms with E-state index in [4.69, 9.17) is 9.47 Å². The van der Waals surface area contributed by atoms with Crippen LogP contribution in [0.2, 0.25) is 0 Å². The summed E-state index contributed by atoms with van der Waals surface area (Å²) < 4.78 is 10.9. The summed E-state index contributed by atoms with van der Waals surface area (Å²) in [6, 6.07) is 8.14. The molecule has 7 nitrogen and oxygen atoms in total. The molecule has 2 N–H and O–H groups in total. The smallest absolute Gasteiger partial charge is 0.410 e. The van der Waals surface area contributed by atoms with Crippen LogP contribution in [0.25, 0.3) is 0 Å². The second kappa shape index (κ2) is 10.6. The molecule has 1 heterocycles. The minimum absolute atomic E-state index is 0. The van der Waals surface area contributed by atoms with Crippen molar-refractivity contribution in [2.75, 3.05) is 26.7 Å². The standard InChI is InChI=1S/C19H30N4O3.HI/c1-6-25-16-9-7-8-14(10-16)11-21-17(20-5)22-15-12-23(13-15)18(24)26-19(2,3)4;/h7-10,15H,6,11-13H2,1-5H3,(H2,20,21,22);1H. The Bertz CT molecular complexity index is 640. The van der Waals surface area contributed by atoms with Crippen LogP contribution in [0.1, 0.15) is 33.3 Å². The van der Waals surface area contributed by atoms with E-state index in [1.807, 2.05) is 52.0 Å². The highest BCUT2D eigenvalue weighted by Gasteiger charge is 2.34. The molecule has 1 aliphatic rings. The third-order valence-corrected chi connectivity index (χ3v) is 3.77. The first-order valence-electron chi connectivity index (χ1n) is 8.97. The second-order valence-electron chi connectivity index (χ2n) is 7.23. The monoisotopic (exact) mass is 490 g/mol. The first kappa shape index (κ1) is 23.3. The van der Waals surface area contributed by atoms with Crippen molar-refractivity contribution in [2.45, 2.75) is 45.9 Å². The maximum Gasteiger partial charge on any atom is 0.410 e. The number of benzene rings is 1. The summed E-state index contributed by atoms with van der Waals surface area (Å²) in [5.41, 5.74) is 0.645. The van der Waals surface area contributed by atoms with Gasteiger partial charge in [0.15, 0.2) is 5.96 Å². The average molecular weight is 490 g/mol. The van der Waals surface area contributed by atoms with E-state index in [-0.39, 0.29) is 36.1 Å². The van der Waals surface area contributed by atoms with Crippen molar-refractivity contribution >= 4 is 36.0 Å². The Morgan fingerprint density at radius 3 is 2.63 bits per heavy atom. The fraction of sp³-hybridized carbons (Fsp3) is 0.579. The minimum Gasteiger partial charge on any atom is -0.494 e. The van der Waals surface area contributed by atoms with Gasteiger partial charge >= 0.3 is 6.09 Å². The zero-order chi connectivity index (χ0) is 19.2. The first-order chi connectivity index (χ1) is 12.3. The summed E-state index contributed by atoms with van der Waals surface area (Å²) in [7, 11) is 1.73. The molecule has 0 aromatic heterocycles. The molecule has 1 aliphatic heterocycles. The van der Waals surface area contributed by atoms with Crippen LogP contribution in [-0.4, -0.2) is 55.3 Å². The summed E-state index contributed by atoms with van der Waals surface area (Å²) in [5, 5.41) is 6.60. The second-order valence-corrected chi connectivity index (χ2v) is 7.23. The molecule has 152 valence electrons. The average Bonchev–Trinajstić information content (AvgIpc) is 2.52. The Morgan fingerprint density at radius 1 is 1.33 bits per heavy atom. The normalized spacial score (nSPS) is 14.7. The quantitative estimate of drug-likeness (QED) is 0.377. The molecule has 27 heavy (non-hydrogen) atoms. The molecule has 1 fully saturated rings. The van der Waals surface area contributed by atoms with E-state index in [0.717, 1.165) is 11.3 Å². The zero-order valence-electron chi connectivity index (χ0n) is 16.7. The van der Waals surface area contributed by atoms with Gasteiger partial charge in [-0.05, 0) is 45.4 Å². The molecule has 0 unspecified atom stereocenters. The largest absolute Gasteiger partial charge is 0.494 e. The molecule has 1 amide bonds. The van der Waals surface area contributed by atoms with Crippen LogP contribution < -0.4 is 15.4 Å². The Hall–Kier alpha value is -1.71. The van der Waals surface area contributed by atoms with Crippen molar-refractivity contribution in [3.8, 4) is 5.75 Å². The highest BCUT2D eigenvalue weighted by Crippen LogP contribution is 2.15. The number of carbonyl (C=O) groups is 1. The van der Waals surface area contributed by atoms with Crippen molar-refractivity contribution < 1.29 is 14.3 Å². The number of carbonyl (C=O) groups excluding carboxylic acids is 1. The van der Waals surface area contributed by atoms with Gasteiger partial charge < -0.3 is 25.0 Å². The number of nitrogens with zero attached hydrogens (tertiary/aromatic N) is 2. The van der Waals surface area contributed by atoms with Gasteiger partial charge in [-0.2, -0.15) is 0 Å². The minimum atomic E-state index is -0.469. The number of guanidine groups is 1. The lowest BCUT2D eigenvalue weighted by atomic mass is 10.1. The van der Waals surface area contributed by atoms with Gasteiger partial charge in [-0.1, -0.05) is 12.1 Å². The van der Waals surface area contributed by atoms with E-state index in [1.54, 1.807) is 11.9 Å². The molecular weight excluding hydrogens is 459 g/mol. The molecule has 0 aliphatic carbocycles. The molecule has 0 atom stereocenters. The van der Waals surface area contributed by atoms with Gasteiger partial charge in [-0.25, -0.2) is 4.79 Å². The zero-order valence-corrected chi connectivity index (χ0v) is 19.1. The fourth-order valence-electron chi connectivity index (χ4n) is 2.53. The van der Waals surface area contributed by atoms with Gasteiger partial charge in [0, 0.05) is 26.7 Å². The first-order valence-corrected chi connectivity index (χ1v) is 8.97. The number of rotatable bonds is 5. The van der Waals surface area contributed by atoms with E-state index in [1.165, 1.54) is 0 Å². The number of halogens is 1. The van der Waals surface area contributed by atoms with Crippen LogP contribution in [0, 0.1) is 0 Å². The molecule has 0 radical (unpaired) electrons. The highest BCUT2D eigenvalue weighted by molar-refractivity contribution is 14.0. The van der Waals surface area contributed by atoms with Crippen LogP contribution in [0.5, 0.6) is 5.75 Å². The number of hydrogen-bond donors (Lipinski definition) is 2. The maximum absolute atomic E-state index is 12.0. The number of ether oxygens (including phenoxy) is 2. The molecule has 1 saturated heterocycles. The van der Waals surface area contributed by atoms with Gasteiger partial charge in [-0.15, -0.1) is 24.0 Å². The Balaban J connectivity index is 0.00000364. The molecule has 8 heteroatoms. The number of likely N-dealkylation sites (tertiary alicyclic amines) is 1. The molecule has 0 spiro atoms. The summed E-state index contributed by atoms with van der Waals surface area (Å²) in [6.07, 6.45) is -0.272. The predicted octanol–water partition coefficient (Wildman–Crippen LogP) is 2.99. The molecule has 1 aromatic carbocycles. The highest BCUT2D eigenvalue weighted by atomic mass is 127. The lowest BCUT2D eigenvalue weighted by Crippen LogP contribution is -2.63. The summed E-state index contributed by atoms with van der Waals surface area (Å²) in [4.78, 5) is 17.9. The molecule has 0 bridgehead atoms. The third kappa shape index (κ3) is 7.82. The van der Waals surface area contributed by atoms with E-state index in [0.29, 0.717) is 32.2 Å². The van der Waals surface area contributed by atoms with Gasteiger partial charge in [0.25, 0.3) is 0 Å². The summed E-state index contributed by atoms with van der Waals surface area (Å²) in [6.45, 7) is 10.1. The number of aliphatic imine (C=N–C) groups is 1. The predicted molar refractivity (Wildman–Crippen MR) is 118 cm³/mol.